The van der Waals surface area contributed by atoms with Gasteiger partial charge in [0.25, 0.3) is 0 Å². The van der Waals surface area contributed by atoms with Crippen molar-refractivity contribution in [2.24, 2.45) is 5.92 Å². The van der Waals surface area contributed by atoms with Crippen molar-refractivity contribution in [2.45, 2.75) is 26.2 Å². The first-order valence-electron chi connectivity index (χ1n) is 6.88. The molecule has 0 N–H and O–H groups in total. The highest BCUT2D eigenvalue weighted by atomic mass is 79.9. The average molecular weight is 312 g/mol. The van der Waals surface area contributed by atoms with Crippen LogP contribution in [-0.2, 0) is 0 Å². The smallest absolute Gasteiger partial charge is 0.120 e. The van der Waals surface area contributed by atoms with Crippen molar-refractivity contribution in [1.29, 1.82) is 0 Å². The minimum Gasteiger partial charge on any atom is -0.492 e. The molecule has 0 aliphatic heterocycles. The van der Waals surface area contributed by atoms with Crippen molar-refractivity contribution in [2.75, 3.05) is 26.2 Å². The van der Waals surface area contributed by atoms with Gasteiger partial charge in [0.1, 0.15) is 12.4 Å². The molecule has 0 spiro atoms. The normalized spacial score (nSPS) is 15.7. The summed E-state index contributed by atoms with van der Waals surface area (Å²) in [6, 6.07) is 8.04. The minimum absolute atomic E-state index is 0.775. The summed E-state index contributed by atoms with van der Waals surface area (Å²) in [5.41, 5.74) is 0. The van der Waals surface area contributed by atoms with E-state index >= 15 is 0 Å². The van der Waals surface area contributed by atoms with Gasteiger partial charge in [0, 0.05) is 17.6 Å². The Hall–Kier alpha value is -0.540. The average Bonchev–Trinajstić information content (AvgIpc) is 2.31. The first-order valence-corrected chi connectivity index (χ1v) is 7.68. The summed E-state index contributed by atoms with van der Waals surface area (Å²) in [5.74, 6) is 1.89. The number of likely N-dealkylation sites (N-methyl/N-ethyl adjacent to an activating group) is 1. The van der Waals surface area contributed by atoms with Gasteiger partial charge in [0.15, 0.2) is 0 Å². The van der Waals surface area contributed by atoms with Crippen molar-refractivity contribution in [1.82, 2.24) is 4.90 Å². The van der Waals surface area contributed by atoms with Crippen LogP contribution in [-0.4, -0.2) is 31.1 Å². The van der Waals surface area contributed by atoms with Gasteiger partial charge in [0.05, 0.1) is 0 Å². The zero-order valence-electron chi connectivity index (χ0n) is 11.1. The van der Waals surface area contributed by atoms with Gasteiger partial charge < -0.3 is 4.74 Å². The molecule has 0 amide bonds. The van der Waals surface area contributed by atoms with Gasteiger partial charge in [-0.25, -0.2) is 0 Å². The van der Waals surface area contributed by atoms with Crippen molar-refractivity contribution in [3.05, 3.63) is 28.7 Å². The molecule has 0 atom stereocenters. The van der Waals surface area contributed by atoms with Crippen LogP contribution in [0.15, 0.2) is 28.7 Å². The maximum absolute atomic E-state index is 5.78. The van der Waals surface area contributed by atoms with Gasteiger partial charge in [-0.3, -0.25) is 4.90 Å². The second-order valence-corrected chi connectivity index (χ2v) is 5.91. The minimum atomic E-state index is 0.775. The molecule has 1 aromatic carbocycles. The lowest BCUT2D eigenvalue weighted by atomic mass is 9.85. The Morgan fingerprint density at radius 1 is 1.39 bits per heavy atom. The highest BCUT2D eigenvalue weighted by Crippen LogP contribution is 2.27. The maximum atomic E-state index is 5.78. The van der Waals surface area contributed by atoms with Crippen LogP contribution >= 0.6 is 15.9 Å². The SMILES string of the molecule is CCN(CCOc1cccc(Br)c1)CC1CCC1. The van der Waals surface area contributed by atoms with Gasteiger partial charge in [-0.05, 0) is 43.5 Å². The number of benzene rings is 1. The molecule has 2 rings (SSSR count). The highest BCUT2D eigenvalue weighted by Gasteiger charge is 2.19. The molecule has 100 valence electrons. The van der Waals surface area contributed by atoms with Crippen LogP contribution in [0.5, 0.6) is 5.75 Å². The number of nitrogens with zero attached hydrogens (tertiary/aromatic N) is 1. The third kappa shape index (κ3) is 4.29. The van der Waals surface area contributed by atoms with Crippen LogP contribution < -0.4 is 4.74 Å². The molecule has 1 aromatic rings. The first-order chi connectivity index (χ1) is 8.78. The highest BCUT2D eigenvalue weighted by molar-refractivity contribution is 9.10. The predicted molar refractivity (Wildman–Crippen MR) is 79.1 cm³/mol. The summed E-state index contributed by atoms with van der Waals surface area (Å²) in [7, 11) is 0. The van der Waals surface area contributed by atoms with Crippen molar-refractivity contribution in [3.8, 4) is 5.75 Å². The molecule has 1 fully saturated rings. The molecule has 0 bridgehead atoms. The largest absolute Gasteiger partial charge is 0.492 e. The Bertz CT molecular complexity index is 365. The van der Waals surface area contributed by atoms with Crippen LogP contribution in [0, 0.1) is 5.92 Å². The van der Waals surface area contributed by atoms with E-state index < -0.39 is 0 Å². The number of hydrogen-bond donors (Lipinski definition) is 0. The van der Waals surface area contributed by atoms with E-state index in [9.17, 15) is 0 Å². The van der Waals surface area contributed by atoms with E-state index in [2.05, 4.69) is 27.8 Å². The van der Waals surface area contributed by atoms with Crippen LogP contribution in [0.4, 0.5) is 0 Å². The molecule has 0 unspecified atom stereocenters. The number of rotatable bonds is 7. The summed E-state index contributed by atoms with van der Waals surface area (Å²) < 4.78 is 6.85. The van der Waals surface area contributed by atoms with E-state index in [-0.39, 0.29) is 0 Å². The molecule has 1 saturated carbocycles. The van der Waals surface area contributed by atoms with Crippen molar-refractivity contribution < 1.29 is 4.74 Å². The quantitative estimate of drug-likeness (QED) is 0.756. The van der Waals surface area contributed by atoms with Crippen LogP contribution in [0.25, 0.3) is 0 Å². The molecular weight excluding hydrogens is 290 g/mol. The third-order valence-corrected chi connectivity index (χ3v) is 4.15. The van der Waals surface area contributed by atoms with Crippen LogP contribution in [0.3, 0.4) is 0 Å². The lowest BCUT2D eigenvalue weighted by Crippen LogP contribution is -2.35. The van der Waals surface area contributed by atoms with Gasteiger partial charge in [-0.2, -0.15) is 0 Å². The molecule has 2 nitrogen and oxygen atoms in total. The molecule has 0 saturated heterocycles. The fourth-order valence-electron chi connectivity index (χ4n) is 2.27. The van der Waals surface area contributed by atoms with Crippen LogP contribution in [0.1, 0.15) is 26.2 Å². The Kier molecular flexibility index (Phi) is 5.51. The zero-order chi connectivity index (χ0) is 12.8. The first kappa shape index (κ1) is 13.9. The van der Waals surface area contributed by atoms with Crippen molar-refractivity contribution >= 4 is 15.9 Å². The lowest BCUT2D eigenvalue weighted by Gasteiger charge is -2.31. The molecule has 18 heavy (non-hydrogen) atoms. The fourth-order valence-corrected chi connectivity index (χ4v) is 2.65. The van der Waals surface area contributed by atoms with E-state index in [1.807, 2.05) is 24.3 Å². The fraction of sp³-hybridized carbons (Fsp3) is 0.600. The van der Waals surface area contributed by atoms with Gasteiger partial charge in [-0.15, -0.1) is 0 Å². The number of ether oxygens (including phenoxy) is 1. The zero-order valence-corrected chi connectivity index (χ0v) is 12.7. The van der Waals surface area contributed by atoms with E-state index in [1.54, 1.807) is 0 Å². The maximum Gasteiger partial charge on any atom is 0.120 e. The molecule has 1 aliphatic carbocycles. The summed E-state index contributed by atoms with van der Waals surface area (Å²) in [6.45, 7) is 6.41. The van der Waals surface area contributed by atoms with Gasteiger partial charge in [-0.1, -0.05) is 35.3 Å². The van der Waals surface area contributed by atoms with Crippen LogP contribution in [0.2, 0.25) is 0 Å². The molecule has 0 aromatic heterocycles. The van der Waals surface area contributed by atoms with Crippen molar-refractivity contribution in [3.63, 3.8) is 0 Å². The Morgan fingerprint density at radius 2 is 2.22 bits per heavy atom. The summed E-state index contributed by atoms with van der Waals surface area (Å²) in [5, 5.41) is 0. The second-order valence-electron chi connectivity index (χ2n) is 5.00. The summed E-state index contributed by atoms with van der Waals surface area (Å²) in [6.07, 6.45) is 4.27. The van der Waals surface area contributed by atoms with E-state index in [0.717, 1.165) is 35.8 Å². The Balaban J connectivity index is 1.69. The molecule has 0 heterocycles. The lowest BCUT2D eigenvalue weighted by molar-refractivity contribution is 0.158. The molecule has 3 heteroatoms. The van der Waals surface area contributed by atoms with Gasteiger partial charge >= 0.3 is 0 Å². The second kappa shape index (κ2) is 7.15. The van der Waals surface area contributed by atoms with E-state index in [0.29, 0.717) is 0 Å². The van der Waals surface area contributed by atoms with Gasteiger partial charge in [0.2, 0.25) is 0 Å². The summed E-state index contributed by atoms with van der Waals surface area (Å²) in [4.78, 5) is 2.50. The van der Waals surface area contributed by atoms with E-state index in [4.69, 9.17) is 4.74 Å². The monoisotopic (exact) mass is 311 g/mol. The standard InChI is InChI=1S/C15H22BrNO/c1-2-17(12-13-5-3-6-13)9-10-18-15-8-4-7-14(16)11-15/h4,7-8,11,13H,2-3,5-6,9-10,12H2,1H3. The topological polar surface area (TPSA) is 12.5 Å². The molecular formula is C15H22BrNO. The number of halogens is 1. The summed E-state index contributed by atoms with van der Waals surface area (Å²) >= 11 is 3.46. The third-order valence-electron chi connectivity index (χ3n) is 3.66. The Morgan fingerprint density at radius 3 is 2.83 bits per heavy atom. The molecule has 0 radical (unpaired) electrons. The molecule has 1 aliphatic rings. The predicted octanol–water partition coefficient (Wildman–Crippen LogP) is 3.95. The number of hydrogen-bond acceptors (Lipinski definition) is 2. The Labute approximate surface area is 118 Å². The van der Waals surface area contributed by atoms with E-state index in [1.165, 1.54) is 25.8 Å².